The van der Waals surface area contributed by atoms with Gasteiger partial charge in [0.05, 0.1) is 11.7 Å². The quantitative estimate of drug-likeness (QED) is 0.343. The molecule has 4 nitrogen and oxygen atoms in total. The van der Waals surface area contributed by atoms with Gasteiger partial charge in [0.1, 0.15) is 10.6 Å². The minimum atomic E-state index is -1.36. The number of aromatic nitrogens is 1. The second kappa shape index (κ2) is 10.6. The third kappa shape index (κ3) is 6.39. The third-order valence-electron chi connectivity index (χ3n) is 4.81. The smallest absolute Gasteiger partial charge is 0.136 e. The van der Waals surface area contributed by atoms with Crippen LogP contribution in [-0.2, 0) is 17.8 Å². The Labute approximate surface area is 197 Å². The second-order valence-corrected chi connectivity index (χ2v) is 10.9. The predicted molar refractivity (Wildman–Crippen MR) is 132 cm³/mol. The highest BCUT2D eigenvalue weighted by Crippen LogP contribution is 2.31. The van der Waals surface area contributed by atoms with Gasteiger partial charge in [-0.1, -0.05) is 35.9 Å². The third-order valence-corrected chi connectivity index (χ3v) is 6.64. The van der Waals surface area contributed by atoms with E-state index in [1.165, 1.54) is 12.1 Å². The standard InChI is InChI=1S/C25H27ClFN3OS/c1-25(2,3)32(31)30-23(14-18-12-20(26)15-21(27)13-18)24-22(9-6-10-29-24)19-8-5-7-17(11-19)16-28-4/h5-13,15-16,23,30H,14H2,1-4H3/b28-16-/t23-,32-/m0/s1. The van der Waals surface area contributed by atoms with Gasteiger partial charge in [0.2, 0.25) is 0 Å². The molecule has 0 fully saturated rings. The molecule has 0 aliphatic carbocycles. The average molecular weight is 472 g/mol. The van der Waals surface area contributed by atoms with Gasteiger partial charge in [0.25, 0.3) is 0 Å². The van der Waals surface area contributed by atoms with Gasteiger partial charge in [-0.2, -0.15) is 0 Å². The normalized spacial score (nSPS) is 14.0. The molecule has 0 bridgehead atoms. The molecule has 0 radical (unpaired) electrons. The average Bonchev–Trinajstić information content (AvgIpc) is 2.72. The van der Waals surface area contributed by atoms with Crippen molar-refractivity contribution in [3.63, 3.8) is 0 Å². The van der Waals surface area contributed by atoms with E-state index in [1.54, 1.807) is 25.5 Å². The number of hydrogen-bond acceptors (Lipinski definition) is 4. The lowest BCUT2D eigenvalue weighted by molar-refractivity contribution is 0.518. The Kier molecular flexibility index (Phi) is 8.06. The summed E-state index contributed by atoms with van der Waals surface area (Å²) in [7, 11) is 1.73. The molecule has 0 unspecified atom stereocenters. The monoisotopic (exact) mass is 471 g/mol. The van der Waals surface area contributed by atoms with Crippen molar-refractivity contribution in [2.75, 3.05) is 7.05 Å². The fraction of sp³-hybridized carbons (Fsp3) is 0.280. The number of halogens is 2. The van der Waals surface area contributed by atoms with Crippen LogP contribution in [0.5, 0.6) is 0 Å². The van der Waals surface area contributed by atoms with Crippen molar-refractivity contribution in [1.82, 2.24) is 9.71 Å². The SMILES string of the molecule is C/N=C\c1cccc(-c2cccnc2[C@H](Cc2cc(F)cc(Cl)c2)N[S@@+]([O-])C(C)(C)C)c1. The summed E-state index contributed by atoms with van der Waals surface area (Å²) in [6.45, 7) is 5.71. The largest absolute Gasteiger partial charge is 0.598 e. The molecule has 0 saturated carbocycles. The summed E-state index contributed by atoms with van der Waals surface area (Å²) >= 11 is 4.72. The van der Waals surface area contributed by atoms with Crippen molar-refractivity contribution in [1.29, 1.82) is 0 Å². The van der Waals surface area contributed by atoms with Crippen molar-refractivity contribution >= 4 is 29.2 Å². The van der Waals surface area contributed by atoms with Gasteiger partial charge in [-0.25, -0.2) is 4.39 Å². The van der Waals surface area contributed by atoms with E-state index in [2.05, 4.69) is 14.7 Å². The van der Waals surface area contributed by atoms with Crippen molar-refractivity contribution in [2.45, 2.75) is 38.0 Å². The number of aliphatic imine (C=N–C) groups is 1. The van der Waals surface area contributed by atoms with Crippen LogP contribution in [0.3, 0.4) is 0 Å². The first kappa shape index (κ1) is 24.4. The highest BCUT2D eigenvalue weighted by molar-refractivity contribution is 7.90. The number of rotatable bonds is 7. The van der Waals surface area contributed by atoms with Crippen LogP contribution in [0.4, 0.5) is 4.39 Å². The van der Waals surface area contributed by atoms with E-state index in [4.69, 9.17) is 11.6 Å². The number of nitrogens with one attached hydrogen (secondary N) is 1. The molecule has 168 valence electrons. The summed E-state index contributed by atoms with van der Waals surface area (Å²) in [5, 5.41) is 0.323. The molecule has 0 saturated heterocycles. The molecule has 0 spiro atoms. The first-order valence-corrected chi connectivity index (χ1v) is 11.8. The summed E-state index contributed by atoms with van der Waals surface area (Å²) in [6.07, 6.45) is 3.88. The molecule has 7 heteroatoms. The molecule has 1 N–H and O–H groups in total. The molecule has 0 amide bonds. The summed E-state index contributed by atoms with van der Waals surface area (Å²) < 4.78 is 29.8. The lowest BCUT2D eigenvalue weighted by atomic mass is 9.95. The Balaban J connectivity index is 2.07. The molecule has 3 aromatic rings. The van der Waals surface area contributed by atoms with E-state index >= 15 is 0 Å². The van der Waals surface area contributed by atoms with Crippen molar-refractivity contribution in [2.24, 2.45) is 4.99 Å². The first-order valence-electron chi connectivity index (χ1n) is 10.3. The minimum Gasteiger partial charge on any atom is -0.598 e. The first-order chi connectivity index (χ1) is 15.2. The zero-order valence-electron chi connectivity index (χ0n) is 18.6. The maximum Gasteiger partial charge on any atom is 0.136 e. The Bertz CT molecular complexity index is 1080. The van der Waals surface area contributed by atoms with Crippen LogP contribution in [0.15, 0.2) is 65.8 Å². The molecule has 1 heterocycles. The minimum absolute atomic E-state index is 0.323. The molecular formula is C25H27ClFN3OS. The van der Waals surface area contributed by atoms with Crippen LogP contribution in [0.25, 0.3) is 11.1 Å². The second-order valence-electron chi connectivity index (χ2n) is 8.48. The fourth-order valence-electron chi connectivity index (χ4n) is 3.34. The number of nitrogens with zero attached hydrogens (tertiary/aromatic N) is 2. The molecule has 3 rings (SSSR count). The number of hydrogen-bond donors (Lipinski definition) is 1. The highest BCUT2D eigenvalue weighted by atomic mass is 35.5. The summed E-state index contributed by atoms with van der Waals surface area (Å²) in [4.78, 5) is 8.75. The van der Waals surface area contributed by atoms with Crippen LogP contribution < -0.4 is 4.72 Å². The van der Waals surface area contributed by atoms with Crippen LogP contribution in [-0.4, -0.2) is 27.5 Å². The lowest BCUT2D eigenvalue weighted by Crippen LogP contribution is -2.42. The van der Waals surface area contributed by atoms with Gasteiger partial charge in [-0.15, -0.1) is 4.72 Å². The lowest BCUT2D eigenvalue weighted by Gasteiger charge is -2.28. The van der Waals surface area contributed by atoms with E-state index in [0.717, 1.165) is 22.4 Å². The molecule has 2 aromatic carbocycles. The van der Waals surface area contributed by atoms with Gasteiger partial charge in [-0.3, -0.25) is 9.98 Å². The molecule has 0 aliphatic rings. The van der Waals surface area contributed by atoms with Crippen molar-refractivity contribution < 1.29 is 8.94 Å². The van der Waals surface area contributed by atoms with Crippen molar-refractivity contribution in [3.8, 4) is 11.1 Å². The Morgan fingerprint density at radius 1 is 1.19 bits per heavy atom. The van der Waals surface area contributed by atoms with Crippen LogP contribution in [0.2, 0.25) is 5.02 Å². The van der Waals surface area contributed by atoms with Gasteiger partial charge in [-0.05, 0) is 74.2 Å². The highest BCUT2D eigenvalue weighted by Gasteiger charge is 2.31. The fourth-order valence-corrected chi connectivity index (χ4v) is 4.39. The summed E-state index contributed by atoms with van der Waals surface area (Å²) in [6, 6.07) is 15.8. The zero-order valence-corrected chi connectivity index (χ0v) is 20.2. The Morgan fingerprint density at radius 3 is 2.66 bits per heavy atom. The van der Waals surface area contributed by atoms with Gasteiger partial charge >= 0.3 is 0 Å². The van der Waals surface area contributed by atoms with Crippen LogP contribution >= 0.6 is 11.6 Å². The molecule has 0 aliphatic heterocycles. The maximum atomic E-state index is 14.0. The van der Waals surface area contributed by atoms with Crippen molar-refractivity contribution in [3.05, 3.63) is 88.5 Å². The summed E-state index contributed by atoms with van der Waals surface area (Å²) in [5.41, 5.74) is 4.28. The van der Waals surface area contributed by atoms with E-state index in [-0.39, 0.29) is 0 Å². The van der Waals surface area contributed by atoms with Gasteiger partial charge in [0, 0.05) is 41.4 Å². The van der Waals surface area contributed by atoms with E-state index in [1.807, 2.05) is 57.2 Å². The molecule has 2 atom stereocenters. The maximum absolute atomic E-state index is 14.0. The topological polar surface area (TPSA) is 60.3 Å². The molecular weight excluding hydrogens is 445 g/mol. The van der Waals surface area contributed by atoms with Gasteiger partial charge < -0.3 is 4.55 Å². The van der Waals surface area contributed by atoms with Crippen LogP contribution in [0, 0.1) is 5.82 Å². The predicted octanol–water partition coefficient (Wildman–Crippen LogP) is 5.93. The summed E-state index contributed by atoms with van der Waals surface area (Å²) in [5.74, 6) is -0.406. The molecule has 1 aromatic heterocycles. The van der Waals surface area contributed by atoms with E-state index in [0.29, 0.717) is 17.0 Å². The van der Waals surface area contributed by atoms with Crippen LogP contribution in [0.1, 0.15) is 43.6 Å². The Hall–Kier alpha value is -2.25. The zero-order chi connectivity index (χ0) is 23.3. The van der Waals surface area contributed by atoms with Gasteiger partial charge in [0.15, 0.2) is 0 Å². The Morgan fingerprint density at radius 2 is 1.97 bits per heavy atom. The van der Waals surface area contributed by atoms with E-state index in [9.17, 15) is 8.94 Å². The molecule has 32 heavy (non-hydrogen) atoms. The van der Waals surface area contributed by atoms with E-state index < -0.39 is 28.0 Å². The number of benzene rings is 2. The number of pyridine rings is 1.